The van der Waals surface area contributed by atoms with Gasteiger partial charge in [0.15, 0.2) is 0 Å². The number of esters is 2. The second kappa shape index (κ2) is 22.2. The minimum absolute atomic E-state index is 0.0360. The van der Waals surface area contributed by atoms with Crippen molar-refractivity contribution in [1.82, 2.24) is 0 Å². The van der Waals surface area contributed by atoms with Gasteiger partial charge in [0, 0.05) is 17.5 Å². The highest BCUT2D eigenvalue weighted by molar-refractivity contribution is 5.95. The molecule has 4 rings (SSSR count). The normalized spacial score (nSPS) is 20.2. The zero-order chi connectivity index (χ0) is 41.5. The van der Waals surface area contributed by atoms with Crippen molar-refractivity contribution in [3.63, 3.8) is 0 Å². The molecule has 304 valence electrons. The Morgan fingerprint density at radius 1 is 0.818 bits per heavy atom. The van der Waals surface area contributed by atoms with Crippen molar-refractivity contribution < 1.29 is 44.6 Å². The van der Waals surface area contributed by atoms with Crippen molar-refractivity contribution in [2.75, 3.05) is 14.2 Å². The smallest absolute Gasteiger partial charge is 0.341 e. The van der Waals surface area contributed by atoms with Crippen LogP contribution >= 0.6 is 0 Å². The number of carbonyl (C=O) groups is 2. The number of aliphatic hydroxyl groups is 1. The number of unbranched alkanes of at least 4 members (excludes halogenated alkanes) is 4. The fraction of sp³-hybridized carbons (Fsp3) is 0.522. The van der Waals surface area contributed by atoms with Crippen LogP contribution in [0.25, 0.3) is 0 Å². The zero-order valence-electron chi connectivity index (χ0n) is 34.5. The third-order valence-corrected chi connectivity index (χ3v) is 10.5. The molecule has 2 aliphatic rings. The third kappa shape index (κ3) is 13.6. The van der Waals surface area contributed by atoms with E-state index in [0.717, 1.165) is 75.8 Å². The molecule has 0 spiro atoms. The Kier molecular flexibility index (Phi) is 18.8. The molecule has 0 aliphatic heterocycles. The van der Waals surface area contributed by atoms with E-state index in [0.29, 0.717) is 35.4 Å². The molecule has 0 fully saturated rings. The number of methoxy groups -OCH3 is 2. The lowest BCUT2D eigenvalue weighted by Crippen LogP contribution is -2.25. The van der Waals surface area contributed by atoms with Gasteiger partial charge >= 0.3 is 11.9 Å². The number of aryl methyl sites for hydroxylation is 2. The van der Waals surface area contributed by atoms with Crippen molar-refractivity contribution in [2.45, 2.75) is 130 Å². The number of phenols is 4. The molecule has 4 atom stereocenters. The van der Waals surface area contributed by atoms with Crippen LogP contribution < -0.4 is 0 Å². The largest absolute Gasteiger partial charge is 0.508 e. The van der Waals surface area contributed by atoms with Gasteiger partial charge in [0.25, 0.3) is 0 Å². The van der Waals surface area contributed by atoms with Crippen molar-refractivity contribution in [3.8, 4) is 23.0 Å². The van der Waals surface area contributed by atoms with Crippen molar-refractivity contribution in [3.05, 3.63) is 94.1 Å². The highest BCUT2D eigenvalue weighted by Crippen LogP contribution is 2.48. The van der Waals surface area contributed by atoms with Crippen LogP contribution in [0.5, 0.6) is 23.0 Å². The van der Waals surface area contributed by atoms with Crippen molar-refractivity contribution in [1.29, 1.82) is 0 Å². The third-order valence-electron chi connectivity index (χ3n) is 10.5. The summed E-state index contributed by atoms with van der Waals surface area (Å²) in [5, 5.41) is 50.4. The lowest BCUT2D eigenvalue weighted by atomic mass is 9.73. The Morgan fingerprint density at radius 3 is 1.87 bits per heavy atom. The number of benzene rings is 2. The van der Waals surface area contributed by atoms with E-state index < -0.39 is 17.5 Å². The van der Waals surface area contributed by atoms with Gasteiger partial charge in [-0.05, 0) is 114 Å². The highest BCUT2D eigenvalue weighted by Gasteiger charge is 2.33. The van der Waals surface area contributed by atoms with Crippen LogP contribution in [0.4, 0.5) is 0 Å². The molecular weight excluding hydrogens is 696 g/mol. The Morgan fingerprint density at radius 2 is 1.38 bits per heavy atom. The van der Waals surface area contributed by atoms with E-state index in [4.69, 9.17) is 4.74 Å². The summed E-state index contributed by atoms with van der Waals surface area (Å²) >= 11 is 0. The predicted octanol–water partition coefficient (Wildman–Crippen LogP) is 10.5. The van der Waals surface area contributed by atoms with Crippen molar-refractivity contribution in [2.24, 2.45) is 11.8 Å². The summed E-state index contributed by atoms with van der Waals surface area (Å²) in [5.41, 5.74) is 4.84. The van der Waals surface area contributed by atoms with Gasteiger partial charge in [0.2, 0.25) is 0 Å². The van der Waals surface area contributed by atoms with Gasteiger partial charge in [-0.25, -0.2) is 9.59 Å². The standard InChI is InChI=1S/C23H32O4.C13H18O4.C10H16O/c1-6-7-8-9-16-13-19(24)21(22(25)20(16)23(26)27-5)18-12-15(4)10-11-17(18)14(2)3;1-3-4-5-6-9-7-10(14)8-11(15)12(9)13(16)17-2;1-8(2)9-4-6-10(3,11)7-5-9/h12-13,17-18,24-25H,2,6-11H2,1,3-5H3;7-8,14-15H,3-6H2,1-2H3;4,6,9,11H,1,5,7H2,2-3H3/t17-,18+;;9-,10?/m0.0/s1. The van der Waals surface area contributed by atoms with Gasteiger partial charge in [0.1, 0.15) is 34.1 Å². The molecule has 2 aliphatic carbocycles. The molecule has 0 saturated heterocycles. The number of carbonyl (C=O) groups excluding carboxylic acids is 2. The summed E-state index contributed by atoms with van der Waals surface area (Å²) in [6.45, 7) is 20.1. The van der Waals surface area contributed by atoms with Crippen LogP contribution in [-0.4, -0.2) is 57.3 Å². The van der Waals surface area contributed by atoms with E-state index in [9.17, 15) is 35.1 Å². The van der Waals surface area contributed by atoms with Gasteiger partial charge in [-0.15, -0.1) is 0 Å². The quantitative estimate of drug-likeness (QED) is 0.0762. The Bertz CT molecular complexity index is 1700. The zero-order valence-corrected chi connectivity index (χ0v) is 34.5. The average molecular weight is 763 g/mol. The second-order valence-corrected chi connectivity index (χ2v) is 15.3. The van der Waals surface area contributed by atoms with Crippen LogP contribution in [0, 0.1) is 11.8 Å². The van der Waals surface area contributed by atoms with Gasteiger partial charge in [0.05, 0.1) is 19.8 Å². The molecule has 0 bridgehead atoms. The Labute approximate surface area is 329 Å². The number of allylic oxidation sites excluding steroid dienone is 5. The molecule has 9 nitrogen and oxygen atoms in total. The average Bonchev–Trinajstić information content (AvgIpc) is 3.11. The van der Waals surface area contributed by atoms with Gasteiger partial charge < -0.3 is 35.0 Å². The van der Waals surface area contributed by atoms with Crippen LogP contribution in [0.2, 0.25) is 0 Å². The molecule has 1 unspecified atom stereocenters. The summed E-state index contributed by atoms with van der Waals surface area (Å²) in [5.74, 6) is -1.14. The van der Waals surface area contributed by atoms with E-state index in [1.807, 2.05) is 26.8 Å². The first-order chi connectivity index (χ1) is 25.9. The van der Waals surface area contributed by atoms with Crippen LogP contribution in [0.15, 0.2) is 66.3 Å². The van der Waals surface area contributed by atoms with Gasteiger partial charge in [-0.1, -0.05) is 87.6 Å². The maximum absolute atomic E-state index is 12.4. The first-order valence-electron chi connectivity index (χ1n) is 19.6. The monoisotopic (exact) mass is 762 g/mol. The molecular formula is C46H66O9. The lowest BCUT2D eigenvalue weighted by molar-refractivity contribution is 0.0586. The maximum Gasteiger partial charge on any atom is 0.341 e. The fourth-order valence-electron chi connectivity index (χ4n) is 7.18. The van der Waals surface area contributed by atoms with E-state index in [1.54, 1.807) is 6.07 Å². The number of rotatable bonds is 13. The number of hydrogen-bond acceptors (Lipinski definition) is 9. The molecule has 0 heterocycles. The summed E-state index contributed by atoms with van der Waals surface area (Å²) in [4.78, 5) is 24.0. The molecule has 0 saturated carbocycles. The predicted molar refractivity (Wildman–Crippen MR) is 220 cm³/mol. The maximum atomic E-state index is 12.4. The molecule has 5 N–H and O–H groups in total. The number of phenolic OH excluding ortho intramolecular Hbond substituents is 4. The molecule has 2 aromatic rings. The highest BCUT2D eigenvalue weighted by atomic mass is 16.5. The molecule has 55 heavy (non-hydrogen) atoms. The molecule has 0 amide bonds. The first kappa shape index (κ1) is 46.7. The van der Waals surface area contributed by atoms with Crippen LogP contribution in [-0.2, 0) is 22.3 Å². The fourth-order valence-corrected chi connectivity index (χ4v) is 7.18. The second-order valence-electron chi connectivity index (χ2n) is 15.3. The topological polar surface area (TPSA) is 154 Å². The van der Waals surface area contributed by atoms with Crippen LogP contribution in [0.1, 0.15) is 149 Å². The summed E-state index contributed by atoms with van der Waals surface area (Å²) < 4.78 is 9.55. The molecule has 2 aromatic carbocycles. The summed E-state index contributed by atoms with van der Waals surface area (Å²) in [6.07, 6.45) is 17.0. The van der Waals surface area contributed by atoms with Crippen LogP contribution in [0.3, 0.4) is 0 Å². The van der Waals surface area contributed by atoms with Gasteiger partial charge in [-0.2, -0.15) is 0 Å². The van der Waals surface area contributed by atoms with Crippen molar-refractivity contribution >= 4 is 11.9 Å². The lowest BCUT2D eigenvalue weighted by Gasteiger charge is -2.32. The minimum atomic E-state index is -0.577. The van der Waals surface area contributed by atoms with E-state index in [1.165, 1.54) is 31.4 Å². The number of aromatic hydroxyl groups is 4. The number of hydrogen-bond donors (Lipinski definition) is 5. The Hall–Kier alpha value is -4.50. The summed E-state index contributed by atoms with van der Waals surface area (Å²) in [7, 11) is 2.58. The Balaban J connectivity index is 0.000000317. The molecule has 0 radical (unpaired) electrons. The number of ether oxygens (including phenoxy) is 2. The van der Waals surface area contributed by atoms with E-state index in [-0.39, 0.29) is 46.0 Å². The van der Waals surface area contributed by atoms with Gasteiger partial charge in [-0.3, -0.25) is 0 Å². The van der Waals surface area contributed by atoms with E-state index >= 15 is 0 Å². The summed E-state index contributed by atoms with van der Waals surface area (Å²) in [6, 6.07) is 4.28. The SMILES string of the molecule is C=C(C)[C@@H]1CCC(C)=C[C@H]1c1c(O)cc(CCCCC)c(C(=O)OC)c1O.C=C(C)[C@H]1C=CC(C)(O)CC1.CCCCCc1cc(O)cc(O)c1C(=O)OC. The molecule has 9 heteroatoms. The molecule has 0 aromatic heterocycles. The van der Waals surface area contributed by atoms with E-state index in [2.05, 4.69) is 50.8 Å². The minimum Gasteiger partial charge on any atom is -0.508 e. The first-order valence-corrected chi connectivity index (χ1v) is 19.6.